The number of hydrogen-bond donors (Lipinski definition) is 1. The summed E-state index contributed by atoms with van der Waals surface area (Å²) in [6.07, 6.45) is 3.60. The van der Waals surface area contributed by atoms with Crippen LogP contribution in [0.15, 0.2) is 12.3 Å². The molecule has 7 nitrogen and oxygen atoms in total. The summed E-state index contributed by atoms with van der Waals surface area (Å²) in [6, 6.07) is 1.95. The van der Waals surface area contributed by atoms with E-state index in [0.717, 1.165) is 26.1 Å². The first-order valence-electron chi connectivity index (χ1n) is 7.48. The number of nitrogens with one attached hydrogen (secondary N) is 1. The summed E-state index contributed by atoms with van der Waals surface area (Å²) in [5.74, 6) is -0.504. The highest BCUT2D eigenvalue weighted by Crippen LogP contribution is 2.20. The van der Waals surface area contributed by atoms with E-state index in [0.29, 0.717) is 5.69 Å². The molecule has 0 atom stereocenters. The lowest BCUT2D eigenvalue weighted by Gasteiger charge is -2.27. The molecule has 2 amide bonds. The van der Waals surface area contributed by atoms with Gasteiger partial charge in [-0.2, -0.15) is 5.10 Å². The Morgan fingerprint density at radius 3 is 2.59 bits per heavy atom. The number of ether oxygens (including phenoxy) is 1. The summed E-state index contributed by atoms with van der Waals surface area (Å²) in [5, 5.41) is 7.09. The molecule has 2 rings (SSSR count). The maximum atomic E-state index is 12.3. The molecular formula is C15H24N4O3. The molecule has 1 aromatic rings. The molecule has 1 fully saturated rings. The van der Waals surface area contributed by atoms with E-state index in [9.17, 15) is 9.59 Å². The summed E-state index contributed by atoms with van der Waals surface area (Å²) in [5.41, 5.74) is -0.644. The van der Waals surface area contributed by atoms with E-state index in [2.05, 4.69) is 10.4 Å². The minimum absolute atomic E-state index is 0.162. The van der Waals surface area contributed by atoms with Crippen LogP contribution >= 0.6 is 0 Å². The van der Waals surface area contributed by atoms with Gasteiger partial charge in [0.1, 0.15) is 11.2 Å². The van der Waals surface area contributed by atoms with Crippen LogP contribution in [0.5, 0.6) is 0 Å². The van der Waals surface area contributed by atoms with Crippen molar-refractivity contribution in [2.45, 2.75) is 38.3 Å². The van der Waals surface area contributed by atoms with E-state index in [1.165, 1.54) is 4.90 Å². The van der Waals surface area contributed by atoms with Gasteiger partial charge < -0.3 is 15.0 Å². The van der Waals surface area contributed by atoms with E-state index in [4.69, 9.17) is 4.74 Å². The second-order valence-corrected chi connectivity index (χ2v) is 6.30. The van der Waals surface area contributed by atoms with E-state index >= 15 is 0 Å². The third kappa shape index (κ3) is 3.65. The molecule has 0 aliphatic carbocycles. The van der Waals surface area contributed by atoms with Gasteiger partial charge in [-0.1, -0.05) is 0 Å². The van der Waals surface area contributed by atoms with Gasteiger partial charge in [0.2, 0.25) is 5.91 Å². The molecule has 122 valence electrons. The molecule has 1 aromatic heterocycles. The lowest BCUT2D eigenvalue weighted by Crippen LogP contribution is -2.54. The highest BCUT2D eigenvalue weighted by molar-refractivity contribution is 5.97. The number of aromatic nitrogens is 2. The summed E-state index contributed by atoms with van der Waals surface area (Å²) in [7, 11) is 3.33. The molecule has 1 N–H and O–H groups in total. The average molecular weight is 308 g/mol. The molecule has 1 saturated heterocycles. The number of rotatable bonds is 4. The lowest BCUT2D eigenvalue weighted by atomic mass is 10.0. The molecule has 0 unspecified atom stereocenters. The van der Waals surface area contributed by atoms with Gasteiger partial charge in [0, 0.05) is 33.5 Å². The van der Waals surface area contributed by atoms with Crippen molar-refractivity contribution >= 4 is 11.8 Å². The van der Waals surface area contributed by atoms with E-state index in [-0.39, 0.29) is 17.9 Å². The highest BCUT2D eigenvalue weighted by Gasteiger charge is 2.32. The normalized spacial score (nSPS) is 16.4. The zero-order valence-corrected chi connectivity index (χ0v) is 13.6. The predicted octanol–water partition coefficient (Wildman–Crippen LogP) is 0.831. The summed E-state index contributed by atoms with van der Waals surface area (Å²) in [4.78, 5) is 25.8. The third-order valence-electron chi connectivity index (χ3n) is 3.77. The van der Waals surface area contributed by atoms with Crippen molar-refractivity contribution in [1.82, 2.24) is 20.0 Å². The molecule has 7 heteroatoms. The van der Waals surface area contributed by atoms with Gasteiger partial charge in [-0.15, -0.1) is 0 Å². The number of carbonyl (C=O) groups is 2. The van der Waals surface area contributed by atoms with Crippen molar-refractivity contribution < 1.29 is 14.3 Å². The molecule has 0 saturated carbocycles. The van der Waals surface area contributed by atoms with E-state index < -0.39 is 5.54 Å². The molecule has 22 heavy (non-hydrogen) atoms. The zero-order valence-electron chi connectivity index (χ0n) is 13.6. The molecule has 0 spiro atoms. The van der Waals surface area contributed by atoms with Crippen molar-refractivity contribution in [1.29, 1.82) is 0 Å². The van der Waals surface area contributed by atoms with Gasteiger partial charge in [-0.05, 0) is 32.8 Å². The first kappa shape index (κ1) is 16.5. The zero-order chi connectivity index (χ0) is 16.3. The van der Waals surface area contributed by atoms with Crippen molar-refractivity contribution in [3.8, 4) is 0 Å². The Labute approximate surface area is 130 Å². The molecule has 0 radical (unpaired) electrons. The highest BCUT2D eigenvalue weighted by atomic mass is 16.5. The second-order valence-electron chi connectivity index (χ2n) is 6.30. The van der Waals surface area contributed by atoms with Crippen molar-refractivity contribution in [2.24, 2.45) is 0 Å². The van der Waals surface area contributed by atoms with Crippen molar-refractivity contribution in [2.75, 3.05) is 27.3 Å². The van der Waals surface area contributed by atoms with Crippen molar-refractivity contribution in [3.05, 3.63) is 18.0 Å². The second kappa shape index (κ2) is 6.48. The SMILES string of the molecule is CN(C)C(=O)C(C)(C)NC(=O)c1ccn(C2CCOCC2)n1. The minimum atomic E-state index is -0.969. The fraction of sp³-hybridized carbons (Fsp3) is 0.667. The van der Waals surface area contributed by atoms with Crippen LogP contribution in [0, 0.1) is 0 Å². The molecule has 0 bridgehead atoms. The van der Waals surface area contributed by atoms with Gasteiger partial charge in [0.15, 0.2) is 0 Å². The van der Waals surface area contributed by atoms with E-state index in [1.54, 1.807) is 34.0 Å². The number of amides is 2. The van der Waals surface area contributed by atoms with Crippen LogP contribution in [0.4, 0.5) is 0 Å². The van der Waals surface area contributed by atoms with Crippen LogP contribution in [0.2, 0.25) is 0 Å². The first-order valence-corrected chi connectivity index (χ1v) is 7.48. The largest absolute Gasteiger partial charge is 0.381 e. The first-order chi connectivity index (χ1) is 10.3. The Morgan fingerprint density at radius 2 is 2.00 bits per heavy atom. The number of hydrogen-bond acceptors (Lipinski definition) is 4. The summed E-state index contributed by atoms with van der Waals surface area (Å²) >= 11 is 0. The van der Waals surface area contributed by atoms with Crippen LogP contribution in [-0.2, 0) is 9.53 Å². The summed E-state index contributed by atoms with van der Waals surface area (Å²) < 4.78 is 7.15. The molecule has 1 aliphatic heterocycles. The molecule has 2 heterocycles. The number of carbonyl (C=O) groups excluding carboxylic acids is 2. The average Bonchev–Trinajstić information content (AvgIpc) is 2.96. The van der Waals surface area contributed by atoms with Crippen LogP contribution in [0.1, 0.15) is 43.2 Å². The Morgan fingerprint density at radius 1 is 1.36 bits per heavy atom. The quantitative estimate of drug-likeness (QED) is 0.894. The topological polar surface area (TPSA) is 76.5 Å². The fourth-order valence-electron chi connectivity index (χ4n) is 2.57. The maximum Gasteiger partial charge on any atom is 0.272 e. The van der Waals surface area contributed by atoms with E-state index in [1.807, 2.05) is 10.9 Å². The minimum Gasteiger partial charge on any atom is -0.381 e. The van der Waals surface area contributed by atoms with Crippen LogP contribution in [0.3, 0.4) is 0 Å². The Bertz CT molecular complexity index is 545. The Balaban J connectivity index is 2.04. The maximum absolute atomic E-state index is 12.3. The Hall–Kier alpha value is -1.89. The smallest absolute Gasteiger partial charge is 0.272 e. The van der Waals surface area contributed by atoms with Crippen LogP contribution < -0.4 is 5.32 Å². The van der Waals surface area contributed by atoms with Gasteiger partial charge >= 0.3 is 0 Å². The van der Waals surface area contributed by atoms with Crippen LogP contribution in [-0.4, -0.2) is 59.3 Å². The molecule has 1 aliphatic rings. The van der Waals surface area contributed by atoms with Gasteiger partial charge in [0.25, 0.3) is 5.91 Å². The fourth-order valence-corrected chi connectivity index (χ4v) is 2.57. The van der Waals surface area contributed by atoms with Gasteiger partial charge in [0.05, 0.1) is 6.04 Å². The van der Waals surface area contributed by atoms with Crippen molar-refractivity contribution in [3.63, 3.8) is 0 Å². The summed E-state index contributed by atoms with van der Waals surface area (Å²) in [6.45, 7) is 4.80. The molecule has 0 aromatic carbocycles. The van der Waals surface area contributed by atoms with Crippen LogP contribution in [0.25, 0.3) is 0 Å². The predicted molar refractivity (Wildman–Crippen MR) is 81.6 cm³/mol. The number of likely N-dealkylation sites (N-methyl/N-ethyl adjacent to an activating group) is 1. The number of nitrogens with zero attached hydrogens (tertiary/aromatic N) is 3. The monoisotopic (exact) mass is 308 g/mol. The van der Waals surface area contributed by atoms with Gasteiger partial charge in [-0.25, -0.2) is 0 Å². The molecular weight excluding hydrogens is 284 g/mol. The third-order valence-corrected chi connectivity index (χ3v) is 3.77. The Kier molecular flexibility index (Phi) is 4.85. The standard InChI is InChI=1S/C15H24N4O3/c1-15(2,14(21)18(3)4)16-13(20)12-5-8-19(17-12)11-6-9-22-10-7-11/h5,8,11H,6-7,9-10H2,1-4H3,(H,16,20). The lowest BCUT2D eigenvalue weighted by molar-refractivity contribution is -0.134. The van der Waals surface area contributed by atoms with Gasteiger partial charge in [-0.3, -0.25) is 14.3 Å².